The summed E-state index contributed by atoms with van der Waals surface area (Å²) in [7, 11) is 0. The zero-order chi connectivity index (χ0) is 18.9. The van der Waals surface area contributed by atoms with Gasteiger partial charge in [-0.25, -0.2) is 4.79 Å². The zero-order valence-electron chi connectivity index (χ0n) is 14.8. The van der Waals surface area contributed by atoms with E-state index in [1.807, 2.05) is 37.3 Å². The van der Waals surface area contributed by atoms with E-state index in [0.717, 1.165) is 16.5 Å². The van der Waals surface area contributed by atoms with Crippen LogP contribution in [-0.2, 0) is 20.7 Å². The highest BCUT2D eigenvalue weighted by Gasteiger charge is 2.12. The number of amides is 1. The lowest BCUT2D eigenvalue weighted by Gasteiger charge is -2.15. The van der Waals surface area contributed by atoms with Crippen molar-refractivity contribution in [3.63, 3.8) is 0 Å². The molecular weight excluding hydrogens is 398 g/mol. The zero-order valence-corrected chi connectivity index (χ0v) is 16.4. The SMILES string of the molecule is CCc1ccc([C@@H](C)NC(=O)COC(=O)COc2cccc(Br)c2)cc1. The Morgan fingerprint density at radius 2 is 1.85 bits per heavy atom. The first kappa shape index (κ1) is 20.0. The Balaban J connectivity index is 1.72. The minimum absolute atomic E-state index is 0.162. The summed E-state index contributed by atoms with van der Waals surface area (Å²) in [6.45, 7) is 3.39. The number of benzene rings is 2. The van der Waals surface area contributed by atoms with Gasteiger partial charge in [0, 0.05) is 4.47 Å². The van der Waals surface area contributed by atoms with Gasteiger partial charge < -0.3 is 14.8 Å². The predicted octanol–water partition coefficient (Wildman–Crippen LogP) is 3.81. The summed E-state index contributed by atoms with van der Waals surface area (Å²) in [6, 6.07) is 15.0. The number of carbonyl (C=O) groups excluding carboxylic acids is 2. The standard InChI is InChI=1S/C20H22BrNO4/c1-3-15-7-9-16(10-8-15)14(2)22-19(23)12-26-20(24)13-25-18-6-4-5-17(21)11-18/h4-11,14H,3,12-13H2,1-2H3,(H,22,23)/t14-/m1/s1. The molecule has 0 saturated carbocycles. The van der Waals surface area contributed by atoms with Crippen LogP contribution < -0.4 is 10.1 Å². The Morgan fingerprint density at radius 3 is 2.50 bits per heavy atom. The number of nitrogens with one attached hydrogen (secondary N) is 1. The van der Waals surface area contributed by atoms with Crippen molar-refractivity contribution >= 4 is 27.8 Å². The summed E-state index contributed by atoms with van der Waals surface area (Å²) < 4.78 is 11.1. The van der Waals surface area contributed by atoms with Gasteiger partial charge in [-0.2, -0.15) is 0 Å². The van der Waals surface area contributed by atoms with Crippen molar-refractivity contribution in [2.24, 2.45) is 0 Å². The van der Waals surface area contributed by atoms with E-state index in [1.54, 1.807) is 18.2 Å². The Kier molecular flexibility index (Phi) is 7.66. The average molecular weight is 420 g/mol. The van der Waals surface area contributed by atoms with Gasteiger partial charge in [-0.3, -0.25) is 4.79 Å². The van der Waals surface area contributed by atoms with Crippen molar-refractivity contribution in [1.82, 2.24) is 5.32 Å². The molecule has 0 saturated heterocycles. The van der Waals surface area contributed by atoms with Gasteiger partial charge in [0.1, 0.15) is 5.75 Å². The molecule has 0 spiro atoms. The maximum atomic E-state index is 11.9. The highest BCUT2D eigenvalue weighted by molar-refractivity contribution is 9.10. The van der Waals surface area contributed by atoms with Crippen molar-refractivity contribution in [3.05, 3.63) is 64.1 Å². The molecule has 1 atom stereocenters. The number of hydrogen-bond donors (Lipinski definition) is 1. The van der Waals surface area contributed by atoms with Crippen LogP contribution in [0.3, 0.4) is 0 Å². The van der Waals surface area contributed by atoms with Crippen molar-refractivity contribution in [1.29, 1.82) is 0 Å². The second kappa shape index (κ2) is 9.97. The molecule has 5 nitrogen and oxygen atoms in total. The second-order valence-corrected chi connectivity index (χ2v) is 6.71. The van der Waals surface area contributed by atoms with E-state index < -0.39 is 5.97 Å². The monoisotopic (exact) mass is 419 g/mol. The molecule has 0 aliphatic rings. The summed E-state index contributed by atoms with van der Waals surface area (Å²) in [5.41, 5.74) is 2.24. The van der Waals surface area contributed by atoms with Crippen LogP contribution in [0.25, 0.3) is 0 Å². The summed E-state index contributed by atoms with van der Waals surface area (Å²) in [6.07, 6.45) is 0.971. The quantitative estimate of drug-likeness (QED) is 0.660. The van der Waals surface area contributed by atoms with Gasteiger partial charge in [0.25, 0.3) is 5.91 Å². The Bertz CT molecular complexity index is 746. The molecule has 1 amide bonds. The van der Waals surface area contributed by atoms with Gasteiger partial charge in [-0.15, -0.1) is 0 Å². The molecule has 138 valence electrons. The maximum absolute atomic E-state index is 11.9. The number of hydrogen-bond acceptors (Lipinski definition) is 4. The third-order valence-electron chi connectivity index (χ3n) is 3.78. The Morgan fingerprint density at radius 1 is 1.12 bits per heavy atom. The predicted molar refractivity (Wildman–Crippen MR) is 103 cm³/mol. The fraction of sp³-hybridized carbons (Fsp3) is 0.300. The molecule has 2 aromatic rings. The highest BCUT2D eigenvalue weighted by Crippen LogP contribution is 2.17. The number of esters is 1. The molecule has 0 aromatic heterocycles. The molecule has 0 aliphatic heterocycles. The molecular formula is C20H22BrNO4. The summed E-state index contributed by atoms with van der Waals surface area (Å²) in [5.74, 6) is -0.405. The summed E-state index contributed by atoms with van der Waals surface area (Å²) in [5, 5.41) is 2.81. The Labute approximate surface area is 161 Å². The van der Waals surface area contributed by atoms with E-state index in [1.165, 1.54) is 5.56 Å². The first-order valence-corrected chi connectivity index (χ1v) is 9.19. The molecule has 1 N–H and O–H groups in total. The molecule has 0 heterocycles. The molecule has 2 aromatic carbocycles. The Hall–Kier alpha value is -2.34. The number of halogens is 1. The molecule has 0 unspecified atom stereocenters. The molecule has 0 radical (unpaired) electrons. The van der Waals surface area contributed by atoms with Crippen molar-refractivity contribution < 1.29 is 19.1 Å². The minimum Gasteiger partial charge on any atom is -0.482 e. The third kappa shape index (κ3) is 6.52. The summed E-state index contributed by atoms with van der Waals surface area (Å²) >= 11 is 3.32. The van der Waals surface area contributed by atoms with E-state index >= 15 is 0 Å². The van der Waals surface area contributed by atoms with Crippen molar-refractivity contribution in [2.75, 3.05) is 13.2 Å². The van der Waals surface area contributed by atoms with Crippen molar-refractivity contribution in [3.8, 4) is 5.75 Å². The number of aryl methyl sites for hydroxylation is 1. The second-order valence-electron chi connectivity index (χ2n) is 5.79. The first-order valence-electron chi connectivity index (χ1n) is 8.40. The van der Waals surface area contributed by atoms with Crippen LogP contribution in [0.5, 0.6) is 5.75 Å². The van der Waals surface area contributed by atoms with Gasteiger partial charge in [0.05, 0.1) is 6.04 Å². The van der Waals surface area contributed by atoms with E-state index in [0.29, 0.717) is 5.75 Å². The van der Waals surface area contributed by atoms with E-state index in [2.05, 4.69) is 28.2 Å². The highest BCUT2D eigenvalue weighted by atomic mass is 79.9. The van der Waals surface area contributed by atoms with Crippen LogP contribution in [0, 0.1) is 0 Å². The van der Waals surface area contributed by atoms with Gasteiger partial charge >= 0.3 is 5.97 Å². The van der Waals surface area contributed by atoms with Crippen LogP contribution >= 0.6 is 15.9 Å². The smallest absolute Gasteiger partial charge is 0.344 e. The average Bonchev–Trinajstić information content (AvgIpc) is 2.64. The van der Waals surface area contributed by atoms with Crippen LogP contribution in [0.15, 0.2) is 53.0 Å². The van der Waals surface area contributed by atoms with Crippen LogP contribution in [0.2, 0.25) is 0 Å². The minimum atomic E-state index is -0.597. The van der Waals surface area contributed by atoms with E-state index in [4.69, 9.17) is 9.47 Å². The van der Waals surface area contributed by atoms with Crippen molar-refractivity contribution in [2.45, 2.75) is 26.3 Å². The number of carbonyl (C=O) groups is 2. The lowest BCUT2D eigenvalue weighted by molar-refractivity contribution is -0.150. The van der Waals surface area contributed by atoms with Gasteiger partial charge in [0.15, 0.2) is 13.2 Å². The third-order valence-corrected chi connectivity index (χ3v) is 4.28. The van der Waals surface area contributed by atoms with Gasteiger partial charge in [-0.1, -0.05) is 53.2 Å². The van der Waals surface area contributed by atoms with E-state index in [9.17, 15) is 9.59 Å². The van der Waals surface area contributed by atoms with E-state index in [-0.39, 0.29) is 25.2 Å². The molecule has 0 aliphatic carbocycles. The molecule has 6 heteroatoms. The number of ether oxygens (including phenoxy) is 2. The first-order chi connectivity index (χ1) is 12.5. The van der Waals surface area contributed by atoms with Crippen LogP contribution in [0.1, 0.15) is 31.0 Å². The van der Waals surface area contributed by atoms with Gasteiger partial charge in [0.2, 0.25) is 0 Å². The van der Waals surface area contributed by atoms with Crippen LogP contribution in [0.4, 0.5) is 0 Å². The fourth-order valence-corrected chi connectivity index (χ4v) is 2.67. The fourth-order valence-electron chi connectivity index (χ4n) is 2.30. The van der Waals surface area contributed by atoms with Crippen LogP contribution in [-0.4, -0.2) is 25.1 Å². The largest absolute Gasteiger partial charge is 0.482 e. The molecule has 26 heavy (non-hydrogen) atoms. The molecule has 0 fully saturated rings. The lowest BCUT2D eigenvalue weighted by Crippen LogP contribution is -2.31. The maximum Gasteiger partial charge on any atom is 0.344 e. The summed E-state index contributed by atoms with van der Waals surface area (Å²) in [4.78, 5) is 23.6. The lowest BCUT2D eigenvalue weighted by atomic mass is 10.1. The molecule has 2 rings (SSSR count). The molecule has 0 bridgehead atoms. The van der Waals surface area contributed by atoms with Gasteiger partial charge in [-0.05, 0) is 42.7 Å². The number of rotatable bonds is 8. The normalized spacial score (nSPS) is 11.5. The topological polar surface area (TPSA) is 64.6 Å².